The SMILES string of the molecule is Cc1ccc(C(=O)NCCCS(N)(=O)=O)cc1C. The second-order valence-corrected chi connectivity index (χ2v) is 6.01. The van der Waals surface area contributed by atoms with Gasteiger partial charge in [0.05, 0.1) is 5.75 Å². The molecule has 0 bridgehead atoms. The fourth-order valence-electron chi connectivity index (χ4n) is 1.46. The molecule has 0 unspecified atom stereocenters. The van der Waals surface area contributed by atoms with Crippen molar-refractivity contribution >= 4 is 15.9 Å². The molecule has 1 rings (SSSR count). The van der Waals surface area contributed by atoms with Crippen LogP contribution < -0.4 is 10.5 Å². The van der Waals surface area contributed by atoms with Crippen LogP contribution in [0, 0.1) is 13.8 Å². The number of hydrogen-bond acceptors (Lipinski definition) is 3. The molecule has 0 aliphatic heterocycles. The molecule has 0 heterocycles. The van der Waals surface area contributed by atoms with Crippen LogP contribution >= 0.6 is 0 Å². The highest BCUT2D eigenvalue weighted by molar-refractivity contribution is 7.89. The van der Waals surface area contributed by atoms with Gasteiger partial charge in [0.15, 0.2) is 0 Å². The van der Waals surface area contributed by atoms with Crippen molar-refractivity contribution in [1.29, 1.82) is 0 Å². The molecule has 1 amide bonds. The van der Waals surface area contributed by atoms with E-state index in [4.69, 9.17) is 5.14 Å². The Hall–Kier alpha value is -1.40. The molecule has 18 heavy (non-hydrogen) atoms. The highest BCUT2D eigenvalue weighted by Crippen LogP contribution is 2.09. The van der Waals surface area contributed by atoms with Crippen LogP contribution in [0.1, 0.15) is 27.9 Å². The van der Waals surface area contributed by atoms with Gasteiger partial charge in [-0.1, -0.05) is 6.07 Å². The van der Waals surface area contributed by atoms with Crippen LogP contribution in [-0.2, 0) is 10.0 Å². The van der Waals surface area contributed by atoms with E-state index < -0.39 is 10.0 Å². The molecular formula is C12H18N2O3S. The fraction of sp³-hybridized carbons (Fsp3) is 0.417. The summed E-state index contributed by atoms with van der Waals surface area (Å²) in [4.78, 5) is 11.7. The van der Waals surface area contributed by atoms with Crippen LogP contribution in [0.2, 0.25) is 0 Å². The summed E-state index contributed by atoms with van der Waals surface area (Å²) in [5, 5.41) is 7.52. The Bertz CT molecular complexity index is 538. The van der Waals surface area contributed by atoms with Gasteiger partial charge in [-0.3, -0.25) is 4.79 Å². The third kappa shape index (κ3) is 4.85. The number of primary sulfonamides is 1. The number of sulfonamides is 1. The van der Waals surface area contributed by atoms with Crippen molar-refractivity contribution in [3.8, 4) is 0 Å². The van der Waals surface area contributed by atoms with Gasteiger partial charge in [0.25, 0.3) is 5.91 Å². The van der Waals surface area contributed by atoms with Gasteiger partial charge in [-0.15, -0.1) is 0 Å². The average molecular weight is 270 g/mol. The van der Waals surface area contributed by atoms with Gasteiger partial charge in [-0.25, -0.2) is 13.6 Å². The first-order valence-electron chi connectivity index (χ1n) is 5.65. The minimum atomic E-state index is -3.45. The Balaban J connectivity index is 2.48. The summed E-state index contributed by atoms with van der Waals surface area (Å²) >= 11 is 0. The van der Waals surface area contributed by atoms with E-state index in [0.717, 1.165) is 11.1 Å². The number of carbonyl (C=O) groups is 1. The molecular weight excluding hydrogens is 252 g/mol. The molecule has 0 saturated carbocycles. The first-order valence-corrected chi connectivity index (χ1v) is 7.37. The van der Waals surface area contributed by atoms with Gasteiger partial charge in [-0.2, -0.15) is 0 Å². The van der Waals surface area contributed by atoms with E-state index in [1.807, 2.05) is 26.0 Å². The molecule has 6 heteroatoms. The number of rotatable bonds is 5. The Morgan fingerprint density at radius 3 is 2.50 bits per heavy atom. The molecule has 0 atom stereocenters. The average Bonchev–Trinajstić information content (AvgIpc) is 2.26. The lowest BCUT2D eigenvalue weighted by Gasteiger charge is -2.06. The topological polar surface area (TPSA) is 89.3 Å². The molecule has 0 spiro atoms. The Labute approximate surface area is 107 Å². The molecule has 100 valence electrons. The number of aryl methyl sites for hydroxylation is 2. The van der Waals surface area contributed by atoms with E-state index >= 15 is 0 Å². The van der Waals surface area contributed by atoms with Crippen LogP contribution in [0.4, 0.5) is 0 Å². The molecule has 0 aromatic heterocycles. The largest absolute Gasteiger partial charge is 0.352 e. The van der Waals surface area contributed by atoms with Crippen molar-refractivity contribution in [3.63, 3.8) is 0 Å². The minimum Gasteiger partial charge on any atom is -0.352 e. The van der Waals surface area contributed by atoms with Crippen LogP contribution in [0.3, 0.4) is 0 Å². The second-order valence-electron chi connectivity index (χ2n) is 4.28. The maximum absolute atomic E-state index is 11.7. The predicted molar refractivity (Wildman–Crippen MR) is 70.8 cm³/mol. The third-order valence-corrected chi connectivity index (χ3v) is 3.52. The van der Waals surface area contributed by atoms with E-state index in [2.05, 4.69) is 5.32 Å². The summed E-state index contributed by atoms with van der Waals surface area (Å²) < 4.78 is 21.4. The predicted octanol–water partition coefficient (Wildman–Crippen LogP) is 0.712. The minimum absolute atomic E-state index is 0.125. The van der Waals surface area contributed by atoms with E-state index in [0.29, 0.717) is 18.5 Å². The van der Waals surface area contributed by atoms with Gasteiger partial charge < -0.3 is 5.32 Å². The highest BCUT2D eigenvalue weighted by atomic mass is 32.2. The normalized spacial score (nSPS) is 11.3. The van der Waals surface area contributed by atoms with E-state index in [1.54, 1.807) is 6.07 Å². The number of benzene rings is 1. The standard InChI is InChI=1S/C12H18N2O3S/c1-9-4-5-11(8-10(9)2)12(15)14-6-3-7-18(13,16)17/h4-5,8H,3,6-7H2,1-2H3,(H,14,15)(H2,13,16,17). The summed E-state index contributed by atoms with van der Waals surface area (Å²) in [6.45, 7) is 4.21. The molecule has 0 aliphatic rings. The van der Waals surface area contributed by atoms with Crippen molar-refractivity contribution in [3.05, 3.63) is 34.9 Å². The number of amides is 1. The van der Waals surface area contributed by atoms with Crippen LogP contribution in [0.25, 0.3) is 0 Å². The Kier molecular flexibility index (Phi) is 4.86. The number of hydrogen-bond donors (Lipinski definition) is 2. The fourth-order valence-corrected chi connectivity index (χ4v) is 2.01. The van der Waals surface area contributed by atoms with Crippen molar-refractivity contribution in [2.24, 2.45) is 5.14 Å². The Morgan fingerprint density at radius 1 is 1.28 bits per heavy atom. The summed E-state index contributed by atoms with van der Waals surface area (Å²) in [5.74, 6) is -0.326. The van der Waals surface area contributed by atoms with Crippen molar-refractivity contribution in [2.75, 3.05) is 12.3 Å². The summed E-state index contributed by atoms with van der Waals surface area (Å²) in [5.41, 5.74) is 2.75. The molecule has 1 aromatic rings. The first kappa shape index (κ1) is 14.7. The lowest BCUT2D eigenvalue weighted by molar-refractivity contribution is 0.0953. The van der Waals surface area contributed by atoms with Gasteiger partial charge in [-0.05, 0) is 43.5 Å². The highest BCUT2D eigenvalue weighted by Gasteiger charge is 2.07. The van der Waals surface area contributed by atoms with Gasteiger partial charge >= 0.3 is 0 Å². The van der Waals surface area contributed by atoms with E-state index in [9.17, 15) is 13.2 Å². The molecule has 1 aromatic carbocycles. The first-order chi connectivity index (χ1) is 8.29. The molecule has 0 saturated heterocycles. The van der Waals surface area contributed by atoms with Crippen molar-refractivity contribution in [1.82, 2.24) is 5.32 Å². The molecule has 3 N–H and O–H groups in total. The van der Waals surface area contributed by atoms with Crippen molar-refractivity contribution in [2.45, 2.75) is 20.3 Å². The second kappa shape index (κ2) is 5.97. The summed E-state index contributed by atoms with van der Waals surface area (Å²) in [6, 6.07) is 5.44. The van der Waals surface area contributed by atoms with E-state index in [-0.39, 0.29) is 11.7 Å². The number of carbonyl (C=O) groups excluding carboxylic acids is 1. The summed E-state index contributed by atoms with van der Waals surface area (Å²) in [6.07, 6.45) is 0.315. The van der Waals surface area contributed by atoms with Crippen LogP contribution in [0.5, 0.6) is 0 Å². The Morgan fingerprint density at radius 2 is 1.94 bits per heavy atom. The summed E-state index contributed by atoms with van der Waals surface area (Å²) in [7, 11) is -3.45. The van der Waals surface area contributed by atoms with E-state index in [1.165, 1.54) is 0 Å². The molecule has 0 radical (unpaired) electrons. The zero-order valence-corrected chi connectivity index (χ0v) is 11.4. The van der Waals surface area contributed by atoms with Gasteiger partial charge in [0.2, 0.25) is 10.0 Å². The lowest BCUT2D eigenvalue weighted by atomic mass is 10.1. The zero-order chi connectivity index (χ0) is 13.8. The van der Waals surface area contributed by atoms with Gasteiger partial charge in [0, 0.05) is 12.1 Å². The third-order valence-electron chi connectivity index (χ3n) is 2.66. The van der Waals surface area contributed by atoms with Crippen LogP contribution in [-0.4, -0.2) is 26.6 Å². The van der Waals surface area contributed by atoms with Crippen molar-refractivity contribution < 1.29 is 13.2 Å². The van der Waals surface area contributed by atoms with Gasteiger partial charge in [0.1, 0.15) is 0 Å². The lowest BCUT2D eigenvalue weighted by Crippen LogP contribution is -2.27. The zero-order valence-electron chi connectivity index (χ0n) is 10.6. The molecule has 0 fully saturated rings. The maximum atomic E-state index is 11.7. The monoisotopic (exact) mass is 270 g/mol. The number of nitrogens with one attached hydrogen (secondary N) is 1. The quantitative estimate of drug-likeness (QED) is 0.772. The molecule has 5 nitrogen and oxygen atoms in total. The number of nitrogens with two attached hydrogens (primary N) is 1. The van der Waals surface area contributed by atoms with Crippen LogP contribution in [0.15, 0.2) is 18.2 Å². The maximum Gasteiger partial charge on any atom is 0.251 e. The smallest absolute Gasteiger partial charge is 0.251 e. The molecule has 0 aliphatic carbocycles.